The van der Waals surface area contributed by atoms with Crippen molar-refractivity contribution in [1.29, 1.82) is 0 Å². The maximum Gasteiger partial charge on any atom is 0.208 e. The molecule has 0 amide bonds. The van der Waals surface area contributed by atoms with E-state index in [2.05, 4.69) is 14.9 Å². The minimum atomic E-state index is -3.02. The van der Waals surface area contributed by atoms with E-state index < -0.39 is 10.0 Å². The Balaban J connectivity index is 0.00000169. The fourth-order valence-corrected chi connectivity index (χ4v) is 1.79. The van der Waals surface area contributed by atoms with Crippen molar-refractivity contribution in [2.45, 2.75) is 7.43 Å². The molecule has 0 bridgehead atoms. The van der Waals surface area contributed by atoms with E-state index in [1.54, 1.807) is 0 Å². The molecule has 1 rings (SSSR count). The first kappa shape index (κ1) is 13.8. The molecule has 1 aliphatic heterocycles. The van der Waals surface area contributed by atoms with Gasteiger partial charge in [0.15, 0.2) is 0 Å². The highest BCUT2D eigenvalue weighted by Crippen LogP contribution is 1.90. The van der Waals surface area contributed by atoms with Crippen molar-refractivity contribution >= 4 is 10.0 Å². The molecular weight excluding hydrogens is 202 g/mol. The second-order valence-corrected chi connectivity index (χ2v) is 5.09. The molecule has 86 valence electrons. The Morgan fingerprint density at radius 3 is 2.43 bits per heavy atom. The van der Waals surface area contributed by atoms with E-state index in [0.717, 1.165) is 32.7 Å². The van der Waals surface area contributed by atoms with Gasteiger partial charge in [-0.1, -0.05) is 7.43 Å². The number of nitrogens with one attached hydrogen (secondary N) is 2. The molecule has 1 saturated heterocycles. The lowest BCUT2D eigenvalue weighted by molar-refractivity contribution is 0.245. The fourth-order valence-electron chi connectivity index (χ4n) is 1.32. The van der Waals surface area contributed by atoms with Crippen molar-refractivity contribution in [2.75, 3.05) is 45.5 Å². The molecule has 0 atom stereocenters. The number of piperazine rings is 1. The quantitative estimate of drug-likeness (QED) is 0.647. The van der Waals surface area contributed by atoms with E-state index in [1.807, 2.05) is 0 Å². The monoisotopic (exact) mass is 223 g/mol. The molecule has 2 N–H and O–H groups in total. The number of sulfonamides is 1. The Morgan fingerprint density at radius 2 is 1.93 bits per heavy atom. The summed E-state index contributed by atoms with van der Waals surface area (Å²) >= 11 is 0. The van der Waals surface area contributed by atoms with Crippen LogP contribution in [0.4, 0.5) is 0 Å². The van der Waals surface area contributed by atoms with Crippen LogP contribution in [0.1, 0.15) is 7.43 Å². The van der Waals surface area contributed by atoms with E-state index in [9.17, 15) is 8.42 Å². The van der Waals surface area contributed by atoms with Gasteiger partial charge in [0.25, 0.3) is 0 Å². The van der Waals surface area contributed by atoms with Crippen LogP contribution >= 0.6 is 0 Å². The first-order valence-electron chi connectivity index (χ1n) is 4.46. The smallest absolute Gasteiger partial charge is 0.208 e. The zero-order valence-corrected chi connectivity index (χ0v) is 8.73. The van der Waals surface area contributed by atoms with E-state index in [-0.39, 0.29) is 7.43 Å². The molecule has 0 aromatic carbocycles. The van der Waals surface area contributed by atoms with Crippen LogP contribution < -0.4 is 10.0 Å². The predicted molar refractivity (Wildman–Crippen MR) is 58.9 cm³/mol. The standard InChI is InChI=1S/C7H17N3O2S.CH4/c1-13(11,12)9-4-7-10-5-2-8-3-6-10;/h8-9H,2-7H2,1H3;1H4. The lowest BCUT2D eigenvalue weighted by atomic mass is 10.3. The molecule has 1 fully saturated rings. The van der Waals surface area contributed by atoms with Gasteiger partial charge in [-0.2, -0.15) is 0 Å². The van der Waals surface area contributed by atoms with E-state index in [0.29, 0.717) is 6.54 Å². The Kier molecular flexibility index (Phi) is 6.26. The summed E-state index contributed by atoms with van der Waals surface area (Å²) in [5.74, 6) is 0. The van der Waals surface area contributed by atoms with Gasteiger partial charge in [-0.05, 0) is 0 Å². The summed E-state index contributed by atoms with van der Waals surface area (Å²) < 4.78 is 23.9. The molecule has 1 heterocycles. The van der Waals surface area contributed by atoms with Gasteiger partial charge in [-0.3, -0.25) is 4.90 Å². The molecule has 1 aliphatic rings. The van der Waals surface area contributed by atoms with Crippen molar-refractivity contribution < 1.29 is 8.42 Å². The van der Waals surface area contributed by atoms with Gasteiger partial charge in [0.05, 0.1) is 6.26 Å². The second kappa shape index (κ2) is 6.34. The Bertz CT molecular complexity index is 235. The predicted octanol–water partition coefficient (Wildman–Crippen LogP) is -0.923. The van der Waals surface area contributed by atoms with Crippen LogP contribution in [0.3, 0.4) is 0 Å². The highest BCUT2D eigenvalue weighted by Gasteiger charge is 2.09. The fraction of sp³-hybridized carbons (Fsp3) is 1.00. The van der Waals surface area contributed by atoms with Crippen LogP contribution in [0, 0.1) is 0 Å². The minimum absolute atomic E-state index is 0. The van der Waals surface area contributed by atoms with Crippen LogP contribution in [0.25, 0.3) is 0 Å². The summed E-state index contributed by atoms with van der Waals surface area (Å²) in [6.07, 6.45) is 1.19. The maximum absolute atomic E-state index is 10.7. The Labute approximate surface area is 86.9 Å². The molecule has 14 heavy (non-hydrogen) atoms. The summed E-state index contributed by atoms with van der Waals surface area (Å²) in [4.78, 5) is 2.24. The average Bonchev–Trinajstić information content (AvgIpc) is 2.04. The summed E-state index contributed by atoms with van der Waals surface area (Å²) in [6.45, 7) is 5.32. The van der Waals surface area contributed by atoms with Gasteiger partial charge in [0.1, 0.15) is 0 Å². The third kappa shape index (κ3) is 6.31. The first-order chi connectivity index (χ1) is 6.08. The van der Waals surface area contributed by atoms with Gasteiger partial charge in [-0.15, -0.1) is 0 Å². The second-order valence-electron chi connectivity index (χ2n) is 3.26. The van der Waals surface area contributed by atoms with Crippen LogP contribution in [-0.2, 0) is 10.0 Å². The summed E-state index contributed by atoms with van der Waals surface area (Å²) in [5.41, 5.74) is 0. The average molecular weight is 223 g/mol. The Hall–Kier alpha value is -0.170. The first-order valence-corrected chi connectivity index (χ1v) is 6.35. The molecule has 0 spiro atoms. The molecular formula is C8H21N3O2S. The normalized spacial score (nSPS) is 18.9. The van der Waals surface area contributed by atoms with E-state index in [1.165, 1.54) is 6.26 Å². The van der Waals surface area contributed by atoms with Gasteiger partial charge >= 0.3 is 0 Å². The van der Waals surface area contributed by atoms with E-state index >= 15 is 0 Å². The molecule has 0 unspecified atom stereocenters. The summed E-state index contributed by atoms with van der Waals surface area (Å²) in [6, 6.07) is 0. The Morgan fingerprint density at radius 1 is 1.36 bits per heavy atom. The van der Waals surface area contributed by atoms with Crippen LogP contribution in [-0.4, -0.2) is 58.8 Å². The molecule has 5 nitrogen and oxygen atoms in total. The maximum atomic E-state index is 10.7. The lowest BCUT2D eigenvalue weighted by Gasteiger charge is -2.26. The van der Waals surface area contributed by atoms with Crippen molar-refractivity contribution in [2.24, 2.45) is 0 Å². The van der Waals surface area contributed by atoms with Crippen LogP contribution in [0.15, 0.2) is 0 Å². The highest BCUT2D eigenvalue weighted by molar-refractivity contribution is 7.88. The topological polar surface area (TPSA) is 61.4 Å². The zero-order valence-electron chi connectivity index (χ0n) is 7.91. The van der Waals surface area contributed by atoms with Gasteiger partial charge in [0, 0.05) is 39.3 Å². The van der Waals surface area contributed by atoms with Crippen LogP contribution in [0.2, 0.25) is 0 Å². The van der Waals surface area contributed by atoms with Gasteiger partial charge in [-0.25, -0.2) is 13.1 Å². The lowest BCUT2D eigenvalue weighted by Crippen LogP contribution is -2.46. The minimum Gasteiger partial charge on any atom is -0.314 e. The summed E-state index contributed by atoms with van der Waals surface area (Å²) in [5, 5.41) is 3.24. The van der Waals surface area contributed by atoms with Crippen molar-refractivity contribution in [3.05, 3.63) is 0 Å². The number of rotatable bonds is 4. The molecule has 6 heteroatoms. The van der Waals surface area contributed by atoms with Crippen molar-refractivity contribution in [1.82, 2.24) is 14.9 Å². The zero-order chi connectivity index (χ0) is 9.73. The molecule has 0 saturated carbocycles. The number of hydrogen-bond donors (Lipinski definition) is 2. The summed E-state index contributed by atoms with van der Waals surface area (Å²) in [7, 11) is -3.02. The van der Waals surface area contributed by atoms with Gasteiger partial charge < -0.3 is 5.32 Å². The molecule has 0 aliphatic carbocycles. The van der Waals surface area contributed by atoms with Crippen LogP contribution in [0.5, 0.6) is 0 Å². The highest BCUT2D eigenvalue weighted by atomic mass is 32.2. The third-order valence-corrected chi connectivity index (χ3v) is 2.73. The third-order valence-electron chi connectivity index (χ3n) is 2.00. The van der Waals surface area contributed by atoms with E-state index in [4.69, 9.17) is 0 Å². The number of hydrogen-bond acceptors (Lipinski definition) is 4. The molecule has 0 aromatic heterocycles. The molecule has 0 aromatic rings. The van der Waals surface area contributed by atoms with Crippen molar-refractivity contribution in [3.63, 3.8) is 0 Å². The SMILES string of the molecule is C.CS(=O)(=O)NCCN1CCNCC1. The van der Waals surface area contributed by atoms with Gasteiger partial charge in [0.2, 0.25) is 10.0 Å². The van der Waals surface area contributed by atoms with Crippen molar-refractivity contribution in [3.8, 4) is 0 Å². The molecule has 0 radical (unpaired) electrons. The number of nitrogens with zero attached hydrogens (tertiary/aromatic N) is 1. The largest absolute Gasteiger partial charge is 0.314 e.